The molecule has 0 aliphatic rings. The van der Waals surface area contributed by atoms with Crippen LogP contribution in [-0.2, 0) is 5.41 Å². The van der Waals surface area contributed by atoms with Crippen molar-refractivity contribution in [1.82, 2.24) is 5.32 Å². The second-order valence-electron chi connectivity index (χ2n) is 6.13. The van der Waals surface area contributed by atoms with Crippen molar-refractivity contribution in [3.8, 4) is 0 Å². The average molecular weight is 299 g/mol. The Morgan fingerprint density at radius 2 is 1.62 bits per heavy atom. The number of hydrogen-bond donors (Lipinski definition) is 1. The fourth-order valence-corrected chi connectivity index (χ4v) is 2.82. The first-order valence-corrected chi connectivity index (χ1v) is 8.68. The predicted octanol–water partition coefficient (Wildman–Crippen LogP) is 5.04. The van der Waals surface area contributed by atoms with Crippen LogP contribution < -0.4 is 5.32 Å². The highest BCUT2D eigenvalue weighted by atomic mass is 32.2. The summed E-state index contributed by atoms with van der Waals surface area (Å²) in [5.74, 6) is 0. The Balaban J connectivity index is 1.98. The zero-order valence-corrected chi connectivity index (χ0v) is 14.2. The molecule has 0 bridgehead atoms. The first-order valence-electron chi connectivity index (χ1n) is 7.46. The van der Waals surface area contributed by atoms with Crippen molar-refractivity contribution in [3.05, 3.63) is 65.7 Å². The van der Waals surface area contributed by atoms with Crippen LogP contribution in [0.1, 0.15) is 37.9 Å². The Labute approximate surface area is 133 Å². The van der Waals surface area contributed by atoms with Crippen LogP contribution in [0.2, 0.25) is 0 Å². The fraction of sp³-hybridized carbons (Fsp3) is 0.368. The third-order valence-electron chi connectivity index (χ3n) is 4.02. The lowest BCUT2D eigenvalue weighted by atomic mass is 9.84. The monoisotopic (exact) mass is 299 g/mol. The van der Waals surface area contributed by atoms with Gasteiger partial charge in [0.05, 0.1) is 0 Å². The van der Waals surface area contributed by atoms with Gasteiger partial charge in [-0.3, -0.25) is 0 Å². The molecule has 0 aliphatic heterocycles. The molecule has 0 radical (unpaired) electrons. The van der Waals surface area contributed by atoms with Crippen LogP contribution in [-0.4, -0.2) is 12.8 Å². The summed E-state index contributed by atoms with van der Waals surface area (Å²) in [6.07, 6.45) is 2.11. The molecule has 1 atom stereocenters. The van der Waals surface area contributed by atoms with Crippen LogP contribution >= 0.6 is 11.8 Å². The molecule has 2 aromatic rings. The van der Waals surface area contributed by atoms with E-state index in [1.165, 1.54) is 16.0 Å². The maximum absolute atomic E-state index is 3.67. The van der Waals surface area contributed by atoms with E-state index in [-0.39, 0.29) is 5.41 Å². The molecule has 1 nitrogen and oxygen atoms in total. The van der Waals surface area contributed by atoms with Gasteiger partial charge in [0, 0.05) is 22.9 Å². The van der Waals surface area contributed by atoms with Crippen LogP contribution in [0.25, 0.3) is 0 Å². The van der Waals surface area contributed by atoms with E-state index in [1.54, 1.807) is 11.8 Å². The molecule has 21 heavy (non-hydrogen) atoms. The highest BCUT2D eigenvalue weighted by Crippen LogP contribution is 2.24. The van der Waals surface area contributed by atoms with Gasteiger partial charge in [-0.2, -0.15) is 0 Å². The Hall–Kier alpha value is -1.25. The largest absolute Gasteiger partial charge is 0.309 e. The molecule has 1 N–H and O–H groups in total. The molecule has 112 valence electrons. The van der Waals surface area contributed by atoms with Gasteiger partial charge in [0.1, 0.15) is 0 Å². The Morgan fingerprint density at radius 3 is 2.19 bits per heavy atom. The zero-order chi connectivity index (χ0) is 15.3. The van der Waals surface area contributed by atoms with Crippen LogP contribution in [0.3, 0.4) is 0 Å². The van der Waals surface area contributed by atoms with Crippen LogP contribution in [0.15, 0.2) is 59.5 Å². The summed E-state index contributed by atoms with van der Waals surface area (Å²) in [5.41, 5.74) is 2.86. The van der Waals surface area contributed by atoms with Gasteiger partial charge in [0.2, 0.25) is 0 Å². The lowest BCUT2D eigenvalue weighted by Crippen LogP contribution is -2.34. The van der Waals surface area contributed by atoms with E-state index < -0.39 is 0 Å². The average Bonchev–Trinajstić information content (AvgIpc) is 2.53. The van der Waals surface area contributed by atoms with Gasteiger partial charge < -0.3 is 5.32 Å². The topological polar surface area (TPSA) is 12.0 Å². The maximum Gasteiger partial charge on any atom is 0.0292 e. The smallest absolute Gasteiger partial charge is 0.0292 e. The van der Waals surface area contributed by atoms with E-state index in [9.17, 15) is 0 Å². The quantitative estimate of drug-likeness (QED) is 0.750. The first kappa shape index (κ1) is 16.1. The van der Waals surface area contributed by atoms with Crippen LogP contribution in [0.5, 0.6) is 0 Å². The summed E-state index contributed by atoms with van der Waals surface area (Å²) in [4.78, 5) is 1.32. The molecule has 0 aromatic heterocycles. The van der Waals surface area contributed by atoms with E-state index in [0.29, 0.717) is 6.04 Å². The van der Waals surface area contributed by atoms with Gasteiger partial charge in [-0.15, -0.1) is 11.8 Å². The summed E-state index contributed by atoms with van der Waals surface area (Å²) >= 11 is 1.78. The summed E-state index contributed by atoms with van der Waals surface area (Å²) in [5, 5.41) is 3.67. The van der Waals surface area contributed by atoms with Crippen molar-refractivity contribution in [2.75, 3.05) is 12.8 Å². The number of nitrogens with one attached hydrogen (secondary N) is 1. The molecule has 0 spiro atoms. The van der Waals surface area contributed by atoms with Gasteiger partial charge in [-0.1, -0.05) is 56.3 Å². The van der Waals surface area contributed by atoms with Gasteiger partial charge in [0.25, 0.3) is 0 Å². The molecular weight excluding hydrogens is 274 g/mol. The molecule has 0 heterocycles. The van der Waals surface area contributed by atoms with E-state index in [2.05, 4.69) is 86.9 Å². The minimum absolute atomic E-state index is 0.134. The van der Waals surface area contributed by atoms with E-state index in [0.717, 1.165) is 6.54 Å². The fourth-order valence-electron chi connectivity index (χ4n) is 2.41. The van der Waals surface area contributed by atoms with Gasteiger partial charge in [0.15, 0.2) is 0 Å². The van der Waals surface area contributed by atoms with Crippen molar-refractivity contribution >= 4 is 11.8 Å². The lowest BCUT2D eigenvalue weighted by Gasteiger charge is -2.28. The molecule has 0 fully saturated rings. The molecule has 2 rings (SSSR count). The second-order valence-corrected chi connectivity index (χ2v) is 7.01. The minimum Gasteiger partial charge on any atom is -0.309 e. The highest BCUT2D eigenvalue weighted by molar-refractivity contribution is 7.98. The van der Waals surface area contributed by atoms with Crippen LogP contribution in [0.4, 0.5) is 0 Å². The minimum atomic E-state index is 0.134. The summed E-state index contributed by atoms with van der Waals surface area (Å²) in [7, 11) is 0. The predicted molar refractivity (Wildman–Crippen MR) is 94.1 cm³/mol. The van der Waals surface area contributed by atoms with Gasteiger partial charge in [-0.25, -0.2) is 0 Å². The van der Waals surface area contributed by atoms with Crippen LogP contribution in [0, 0.1) is 0 Å². The lowest BCUT2D eigenvalue weighted by molar-refractivity contribution is 0.435. The number of rotatable bonds is 6. The van der Waals surface area contributed by atoms with Gasteiger partial charge in [-0.05, 0) is 36.4 Å². The summed E-state index contributed by atoms with van der Waals surface area (Å²) < 4.78 is 0. The number of thioether (sulfide) groups is 1. The van der Waals surface area contributed by atoms with Crippen molar-refractivity contribution in [3.63, 3.8) is 0 Å². The molecule has 0 amide bonds. The van der Waals surface area contributed by atoms with E-state index in [1.807, 2.05) is 0 Å². The molecule has 0 aliphatic carbocycles. The Morgan fingerprint density at radius 1 is 1.00 bits per heavy atom. The second kappa shape index (κ2) is 7.15. The highest BCUT2D eigenvalue weighted by Gasteiger charge is 2.21. The standard InChI is InChI=1S/C19H25NS/c1-15(16-10-12-18(21-4)13-11-16)20-14-19(2,3)17-8-6-5-7-9-17/h5-13,15,20H,14H2,1-4H3. The van der Waals surface area contributed by atoms with Crippen molar-refractivity contribution in [2.24, 2.45) is 0 Å². The van der Waals surface area contributed by atoms with E-state index in [4.69, 9.17) is 0 Å². The maximum atomic E-state index is 3.67. The van der Waals surface area contributed by atoms with Crippen molar-refractivity contribution < 1.29 is 0 Å². The first-order chi connectivity index (χ1) is 10.0. The normalized spacial score (nSPS) is 13.1. The Bertz CT molecular complexity index is 546. The summed E-state index contributed by atoms with van der Waals surface area (Å²) in [6.45, 7) is 7.77. The molecule has 2 aromatic carbocycles. The molecule has 0 saturated heterocycles. The van der Waals surface area contributed by atoms with Crippen molar-refractivity contribution in [1.29, 1.82) is 0 Å². The van der Waals surface area contributed by atoms with Gasteiger partial charge >= 0.3 is 0 Å². The van der Waals surface area contributed by atoms with Crippen molar-refractivity contribution in [2.45, 2.75) is 37.1 Å². The number of hydrogen-bond acceptors (Lipinski definition) is 2. The number of benzene rings is 2. The molecule has 1 unspecified atom stereocenters. The zero-order valence-electron chi connectivity index (χ0n) is 13.4. The Kier molecular flexibility index (Phi) is 5.49. The summed E-state index contributed by atoms with van der Waals surface area (Å²) in [6, 6.07) is 19.9. The van der Waals surface area contributed by atoms with E-state index >= 15 is 0 Å². The third-order valence-corrected chi connectivity index (χ3v) is 4.76. The third kappa shape index (κ3) is 4.36. The SMILES string of the molecule is CSc1ccc(C(C)NCC(C)(C)c2ccccc2)cc1. The molecule has 2 heteroatoms. The molecule has 0 saturated carbocycles. The molecular formula is C19H25NS.